The average molecular weight is 421 g/mol. The molecule has 0 heterocycles. The smallest absolute Gasteiger partial charge is 0.389 e. The van der Waals surface area contributed by atoms with Crippen molar-refractivity contribution in [1.82, 2.24) is 0 Å². The molecule has 2 aromatic carbocycles. The van der Waals surface area contributed by atoms with Gasteiger partial charge in [-0.2, -0.15) is 0 Å². The maximum Gasteiger partial charge on any atom is 0.389 e. The molecule has 0 aliphatic rings. The van der Waals surface area contributed by atoms with Crippen molar-refractivity contribution < 1.29 is 17.1 Å². The summed E-state index contributed by atoms with van der Waals surface area (Å²) >= 11 is 0. The van der Waals surface area contributed by atoms with E-state index in [4.69, 9.17) is 17.1 Å². The lowest BCUT2D eigenvalue weighted by Gasteiger charge is -2.41. The fourth-order valence-corrected chi connectivity index (χ4v) is 14.6. The first-order valence-electron chi connectivity index (χ1n) is 9.54. The highest BCUT2D eigenvalue weighted by Gasteiger charge is 2.51. The van der Waals surface area contributed by atoms with E-state index in [2.05, 4.69) is 50.5 Å². The van der Waals surface area contributed by atoms with Crippen molar-refractivity contribution in [3.8, 4) is 0 Å². The molecule has 0 bridgehead atoms. The van der Waals surface area contributed by atoms with Crippen LogP contribution in [-0.2, 0) is 17.1 Å². The van der Waals surface area contributed by atoms with Gasteiger partial charge < -0.3 is 17.1 Å². The summed E-state index contributed by atoms with van der Waals surface area (Å²) in [6.07, 6.45) is 0. The third-order valence-corrected chi connectivity index (χ3v) is 14.5. The Labute approximate surface area is 167 Å². The van der Waals surface area contributed by atoms with E-state index in [9.17, 15) is 0 Å². The summed E-state index contributed by atoms with van der Waals surface area (Å²) < 4.78 is 25.9. The summed E-state index contributed by atoms with van der Waals surface area (Å²) in [5.74, 6) is 0. The molecule has 0 saturated carbocycles. The molecule has 27 heavy (non-hydrogen) atoms. The van der Waals surface area contributed by atoms with Crippen LogP contribution in [0.3, 0.4) is 0 Å². The van der Waals surface area contributed by atoms with E-state index in [0.29, 0.717) is 13.2 Å². The van der Waals surface area contributed by atoms with Crippen LogP contribution in [0.25, 0.3) is 0 Å². The zero-order valence-electron chi connectivity index (χ0n) is 17.3. The third kappa shape index (κ3) is 5.95. The lowest BCUT2D eigenvalue weighted by Crippen LogP contribution is -2.71. The molecular formula is C20H32O4Si3. The molecule has 0 aliphatic heterocycles. The maximum atomic E-state index is 6.91. The maximum absolute atomic E-state index is 6.91. The van der Waals surface area contributed by atoms with Crippen molar-refractivity contribution in [2.45, 2.75) is 40.0 Å². The minimum absolute atomic E-state index is 0.625. The summed E-state index contributed by atoms with van der Waals surface area (Å²) in [4.78, 5) is 0. The number of hydrogen-bond donors (Lipinski definition) is 0. The summed E-state index contributed by atoms with van der Waals surface area (Å²) in [6, 6.07) is 20.6. The van der Waals surface area contributed by atoms with Crippen LogP contribution < -0.4 is 10.4 Å². The second kappa shape index (κ2) is 9.42. The summed E-state index contributed by atoms with van der Waals surface area (Å²) in [6.45, 7) is 13.6. The molecule has 0 fully saturated rings. The van der Waals surface area contributed by atoms with Crippen molar-refractivity contribution in [3.05, 3.63) is 60.7 Å². The van der Waals surface area contributed by atoms with Gasteiger partial charge in [-0.3, -0.25) is 0 Å². The van der Waals surface area contributed by atoms with Gasteiger partial charge in [-0.05, 0) is 50.4 Å². The van der Waals surface area contributed by atoms with Crippen LogP contribution in [0, 0.1) is 0 Å². The molecule has 0 N–H and O–H groups in total. The largest absolute Gasteiger partial charge is 0.408 e. The SMILES string of the molecule is CCO[Si](C)(C)O[Si](O[Si](C)(C)OCC)(c1ccccc1)c1ccccc1. The summed E-state index contributed by atoms with van der Waals surface area (Å²) in [5, 5.41) is 2.16. The number of benzene rings is 2. The Morgan fingerprint density at radius 3 is 1.22 bits per heavy atom. The molecule has 2 rings (SSSR count). The van der Waals surface area contributed by atoms with E-state index >= 15 is 0 Å². The van der Waals surface area contributed by atoms with E-state index in [1.165, 1.54) is 0 Å². The molecule has 0 amide bonds. The van der Waals surface area contributed by atoms with Crippen LogP contribution >= 0.6 is 0 Å². The molecule has 0 aromatic heterocycles. The van der Waals surface area contributed by atoms with Gasteiger partial charge in [-0.25, -0.2) is 0 Å². The van der Waals surface area contributed by atoms with Gasteiger partial charge in [0.1, 0.15) is 0 Å². The molecule has 2 aromatic rings. The minimum atomic E-state index is -3.02. The second-order valence-corrected chi connectivity index (χ2v) is 17.4. The monoisotopic (exact) mass is 420 g/mol. The normalized spacial score (nSPS) is 13.0. The first kappa shape index (κ1) is 22.2. The van der Waals surface area contributed by atoms with Gasteiger partial charge in [0.05, 0.1) is 0 Å². The van der Waals surface area contributed by atoms with E-state index in [-0.39, 0.29) is 0 Å². The van der Waals surface area contributed by atoms with Crippen LogP contribution in [0.15, 0.2) is 60.7 Å². The summed E-state index contributed by atoms with van der Waals surface area (Å²) in [7, 11) is -7.87. The third-order valence-electron chi connectivity index (χ3n) is 4.07. The Hall–Kier alpha value is -1.07. The zero-order valence-corrected chi connectivity index (χ0v) is 20.3. The van der Waals surface area contributed by atoms with Gasteiger partial charge in [0.25, 0.3) is 0 Å². The van der Waals surface area contributed by atoms with Crippen molar-refractivity contribution >= 4 is 36.1 Å². The lowest BCUT2D eigenvalue weighted by molar-refractivity contribution is 0.220. The molecule has 0 unspecified atom stereocenters. The van der Waals surface area contributed by atoms with E-state index in [1.807, 2.05) is 50.2 Å². The topological polar surface area (TPSA) is 36.9 Å². The van der Waals surface area contributed by atoms with E-state index in [1.54, 1.807) is 0 Å². The lowest BCUT2D eigenvalue weighted by atomic mass is 10.4. The molecule has 148 valence electrons. The molecule has 7 heteroatoms. The van der Waals surface area contributed by atoms with Gasteiger partial charge in [-0.15, -0.1) is 0 Å². The molecule has 0 saturated heterocycles. The Morgan fingerprint density at radius 1 is 0.593 bits per heavy atom. The van der Waals surface area contributed by atoms with Gasteiger partial charge in [0, 0.05) is 13.2 Å². The van der Waals surface area contributed by atoms with Gasteiger partial charge in [-0.1, -0.05) is 60.7 Å². The van der Waals surface area contributed by atoms with Crippen LogP contribution in [0.1, 0.15) is 13.8 Å². The predicted molar refractivity (Wildman–Crippen MR) is 118 cm³/mol. The molecule has 0 spiro atoms. The number of hydrogen-bond acceptors (Lipinski definition) is 4. The molecular weight excluding hydrogens is 388 g/mol. The van der Waals surface area contributed by atoms with Crippen LogP contribution in [0.5, 0.6) is 0 Å². The van der Waals surface area contributed by atoms with Crippen molar-refractivity contribution in [3.63, 3.8) is 0 Å². The zero-order chi connectivity index (χ0) is 20.0. The molecule has 0 atom stereocenters. The minimum Gasteiger partial charge on any atom is -0.408 e. The molecule has 0 aliphatic carbocycles. The first-order valence-corrected chi connectivity index (χ1v) is 17.0. The Bertz CT molecular complexity index is 631. The van der Waals surface area contributed by atoms with Crippen LogP contribution in [0.2, 0.25) is 26.2 Å². The quantitative estimate of drug-likeness (QED) is 0.549. The van der Waals surface area contributed by atoms with Crippen molar-refractivity contribution in [2.24, 2.45) is 0 Å². The summed E-state index contributed by atoms with van der Waals surface area (Å²) in [5.41, 5.74) is 0. The number of rotatable bonds is 10. The Balaban J connectivity index is 2.65. The molecule has 0 radical (unpaired) electrons. The Kier molecular flexibility index (Phi) is 7.75. The fraction of sp³-hybridized carbons (Fsp3) is 0.400. The van der Waals surface area contributed by atoms with E-state index in [0.717, 1.165) is 10.4 Å². The highest BCUT2D eigenvalue weighted by atomic mass is 28.5. The standard InChI is InChI=1S/C20H32O4Si3/c1-7-21-25(3,4)23-27(19-15-11-9-12-16-19,20-17-13-10-14-18-20)24-26(5,6)22-8-2/h9-18H,7-8H2,1-6H3. The Morgan fingerprint density at radius 2 is 0.926 bits per heavy atom. The van der Waals surface area contributed by atoms with Crippen molar-refractivity contribution in [2.75, 3.05) is 13.2 Å². The average Bonchev–Trinajstić information content (AvgIpc) is 2.62. The molecule has 4 nitrogen and oxygen atoms in total. The van der Waals surface area contributed by atoms with Gasteiger partial charge >= 0.3 is 25.7 Å². The van der Waals surface area contributed by atoms with Crippen LogP contribution in [-0.4, -0.2) is 38.9 Å². The van der Waals surface area contributed by atoms with Crippen molar-refractivity contribution in [1.29, 1.82) is 0 Å². The highest BCUT2D eigenvalue weighted by Crippen LogP contribution is 2.23. The second-order valence-electron chi connectivity index (χ2n) is 7.22. The highest BCUT2D eigenvalue weighted by molar-refractivity contribution is 7.01. The fourth-order valence-electron chi connectivity index (χ4n) is 3.18. The van der Waals surface area contributed by atoms with Gasteiger partial charge in [0.2, 0.25) is 0 Å². The first-order chi connectivity index (χ1) is 12.7. The van der Waals surface area contributed by atoms with E-state index < -0.39 is 25.7 Å². The van der Waals surface area contributed by atoms with Gasteiger partial charge in [0.15, 0.2) is 0 Å². The van der Waals surface area contributed by atoms with Crippen LogP contribution in [0.4, 0.5) is 0 Å². The predicted octanol–water partition coefficient (Wildman–Crippen LogP) is 3.75.